The highest BCUT2D eigenvalue weighted by Gasteiger charge is 2.29. The minimum Gasteiger partial charge on any atom is -0.339 e. The van der Waals surface area contributed by atoms with Crippen LogP contribution in [0.15, 0.2) is 54.6 Å². The van der Waals surface area contributed by atoms with Crippen molar-refractivity contribution in [1.82, 2.24) is 14.7 Å². The highest BCUT2D eigenvalue weighted by molar-refractivity contribution is 5.93. The van der Waals surface area contributed by atoms with Crippen molar-refractivity contribution >= 4 is 29.1 Å². The number of nitrogens with zero attached hydrogens (tertiary/aromatic N) is 3. The molecule has 3 amide bonds. The molecule has 1 aliphatic rings. The molecule has 0 radical (unpaired) electrons. The molecule has 34 heavy (non-hydrogen) atoms. The molecule has 2 aromatic rings. The first-order valence-electron chi connectivity index (χ1n) is 11.8. The molecule has 0 saturated carbocycles. The zero-order valence-electron chi connectivity index (χ0n) is 20.3. The number of carbonyl (C=O) groups excluding carboxylic acids is 3. The van der Waals surface area contributed by atoms with Crippen LogP contribution in [0.25, 0.3) is 0 Å². The SMILES string of the molecule is CCN(CC(=O)Nc1ccc(NC(C)=O)cc1)C(C)C(=O)N1CCN(Cc2ccccc2)CC1. The molecule has 1 unspecified atom stereocenters. The zero-order chi connectivity index (χ0) is 24.5. The van der Waals surface area contributed by atoms with Crippen molar-refractivity contribution in [3.05, 3.63) is 60.2 Å². The number of anilines is 2. The number of carbonyl (C=O) groups is 3. The third kappa shape index (κ3) is 7.40. The van der Waals surface area contributed by atoms with Gasteiger partial charge in [-0.1, -0.05) is 37.3 Å². The molecule has 2 N–H and O–H groups in total. The summed E-state index contributed by atoms with van der Waals surface area (Å²) in [5.74, 6) is -0.262. The Balaban J connectivity index is 1.47. The highest BCUT2D eigenvalue weighted by atomic mass is 16.2. The molecule has 1 atom stereocenters. The molecule has 1 heterocycles. The van der Waals surface area contributed by atoms with Crippen molar-refractivity contribution < 1.29 is 14.4 Å². The molecular weight excluding hydrogens is 430 g/mol. The number of piperazine rings is 1. The van der Waals surface area contributed by atoms with Crippen LogP contribution in [-0.4, -0.2) is 77.7 Å². The Morgan fingerprint density at radius 1 is 0.912 bits per heavy atom. The lowest BCUT2D eigenvalue weighted by atomic mass is 10.1. The molecule has 1 saturated heterocycles. The van der Waals surface area contributed by atoms with Gasteiger partial charge in [-0.25, -0.2) is 0 Å². The normalized spacial score (nSPS) is 15.1. The second kappa shape index (κ2) is 12.3. The Hall–Kier alpha value is -3.23. The van der Waals surface area contributed by atoms with Crippen LogP contribution in [0.4, 0.5) is 11.4 Å². The van der Waals surface area contributed by atoms with Gasteiger partial charge in [0, 0.05) is 51.0 Å². The van der Waals surface area contributed by atoms with E-state index < -0.39 is 0 Å². The van der Waals surface area contributed by atoms with Gasteiger partial charge in [0.1, 0.15) is 0 Å². The van der Waals surface area contributed by atoms with Crippen molar-refractivity contribution in [3.63, 3.8) is 0 Å². The molecule has 1 fully saturated rings. The van der Waals surface area contributed by atoms with Crippen molar-refractivity contribution in [3.8, 4) is 0 Å². The van der Waals surface area contributed by atoms with E-state index in [-0.39, 0.29) is 30.3 Å². The maximum Gasteiger partial charge on any atom is 0.239 e. The average molecular weight is 466 g/mol. The lowest BCUT2D eigenvalue weighted by Crippen LogP contribution is -2.54. The van der Waals surface area contributed by atoms with Gasteiger partial charge in [0.15, 0.2) is 0 Å². The fraction of sp³-hybridized carbons (Fsp3) is 0.423. The summed E-state index contributed by atoms with van der Waals surface area (Å²) in [6, 6.07) is 16.9. The predicted octanol–water partition coefficient (Wildman–Crippen LogP) is 2.64. The first-order chi connectivity index (χ1) is 16.4. The summed E-state index contributed by atoms with van der Waals surface area (Å²) in [4.78, 5) is 43.0. The van der Waals surface area contributed by atoms with Gasteiger partial charge in [0.2, 0.25) is 17.7 Å². The molecular formula is C26H35N5O3. The van der Waals surface area contributed by atoms with E-state index in [1.165, 1.54) is 12.5 Å². The van der Waals surface area contributed by atoms with Gasteiger partial charge in [-0.05, 0) is 43.3 Å². The molecule has 3 rings (SSSR count). The maximum atomic E-state index is 13.1. The molecule has 8 nitrogen and oxygen atoms in total. The average Bonchev–Trinajstić information content (AvgIpc) is 2.83. The fourth-order valence-corrected chi connectivity index (χ4v) is 4.14. The fourth-order valence-electron chi connectivity index (χ4n) is 4.14. The van der Waals surface area contributed by atoms with Crippen molar-refractivity contribution in [2.24, 2.45) is 0 Å². The van der Waals surface area contributed by atoms with E-state index in [2.05, 4.69) is 27.7 Å². The van der Waals surface area contributed by atoms with E-state index in [1.54, 1.807) is 24.3 Å². The largest absolute Gasteiger partial charge is 0.339 e. The molecule has 0 aromatic heterocycles. The minimum atomic E-state index is -0.376. The monoisotopic (exact) mass is 465 g/mol. The van der Waals surface area contributed by atoms with Crippen LogP contribution >= 0.6 is 0 Å². The summed E-state index contributed by atoms with van der Waals surface area (Å²) in [7, 11) is 0. The molecule has 0 bridgehead atoms. The molecule has 1 aliphatic heterocycles. The van der Waals surface area contributed by atoms with E-state index in [4.69, 9.17) is 0 Å². The van der Waals surface area contributed by atoms with Gasteiger partial charge in [0.05, 0.1) is 12.6 Å². The summed E-state index contributed by atoms with van der Waals surface area (Å²) >= 11 is 0. The van der Waals surface area contributed by atoms with Crippen LogP contribution in [0.3, 0.4) is 0 Å². The number of hydrogen-bond acceptors (Lipinski definition) is 5. The number of likely N-dealkylation sites (N-methyl/N-ethyl adjacent to an activating group) is 1. The molecule has 0 spiro atoms. The summed E-state index contributed by atoms with van der Waals surface area (Å²) < 4.78 is 0. The zero-order valence-corrected chi connectivity index (χ0v) is 20.3. The summed E-state index contributed by atoms with van der Waals surface area (Å²) in [6.45, 7) is 9.96. The minimum absolute atomic E-state index is 0.0636. The van der Waals surface area contributed by atoms with Crippen LogP contribution in [0, 0.1) is 0 Å². The molecule has 182 valence electrons. The van der Waals surface area contributed by atoms with Gasteiger partial charge >= 0.3 is 0 Å². The van der Waals surface area contributed by atoms with Gasteiger partial charge in [0.25, 0.3) is 0 Å². The summed E-state index contributed by atoms with van der Waals surface area (Å²) in [6.07, 6.45) is 0. The predicted molar refractivity (Wildman–Crippen MR) is 134 cm³/mol. The Morgan fingerprint density at radius 2 is 1.50 bits per heavy atom. The topological polar surface area (TPSA) is 85.0 Å². The first kappa shape index (κ1) is 25.4. The van der Waals surface area contributed by atoms with Crippen molar-refractivity contribution in [1.29, 1.82) is 0 Å². The van der Waals surface area contributed by atoms with Gasteiger partial charge < -0.3 is 15.5 Å². The van der Waals surface area contributed by atoms with Crippen LogP contribution in [0.5, 0.6) is 0 Å². The van der Waals surface area contributed by atoms with Gasteiger partial charge in [-0.2, -0.15) is 0 Å². The standard InChI is InChI=1S/C26H35N5O3/c1-4-30(19-25(33)28-24-12-10-23(11-13-24)27-21(3)32)20(2)26(34)31-16-14-29(15-17-31)18-22-8-6-5-7-9-22/h5-13,20H,4,14-19H2,1-3H3,(H,27,32)(H,28,33). The van der Waals surface area contributed by atoms with E-state index in [1.807, 2.05) is 41.8 Å². The number of benzene rings is 2. The number of amides is 3. The van der Waals surface area contributed by atoms with Crippen LogP contribution in [0.1, 0.15) is 26.3 Å². The third-order valence-electron chi connectivity index (χ3n) is 6.08. The molecule has 0 aliphatic carbocycles. The Bertz CT molecular complexity index is 956. The van der Waals surface area contributed by atoms with Gasteiger partial charge in [-0.15, -0.1) is 0 Å². The number of nitrogens with one attached hydrogen (secondary N) is 2. The lowest BCUT2D eigenvalue weighted by Gasteiger charge is -2.38. The third-order valence-corrected chi connectivity index (χ3v) is 6.08. The van der Waals surface area contributed by atoms with E-state index in [9.17, 15) is 14.4 Å². The number of hydrogen-bond donors (Lipinski definition) is 2. The lowest BCUT2D eigenvalue weighted by molar-refractivity contribution is -0.138. The Morgan fingerprint density at radius 3 is 2.06 bits per heavy atom. The van der Waals surface area contributed by atoms with E-state index in [0.717, 1.165) is 19.6 Å². The molecule has 8 heteroatoms. The quantitative estimate of drug-likeness (QED) is 0.595. The maximum absolute atomic E-state index is 13.1. The number of rotatable bonds is 9. The smallest absolute Gasteiger partial charge is 0.239 e. The molecule has 2 aromatic carbocycles. The second-order valence-electron chi connectivity index (χ2n) is 8.63. The van der Waals surface area contributed by atoms with Crippen LogP contribution in [0.2, 0.25) is 0 Å². The van der Waals surface area contributed by atoms with Crippen LogP contribution in [-0.2, 0) is 20.9 Å². The Kier molecular flexibility index (Phi) is 9.18. The highest BCUT2D eigenvalue weighted by Crippen LogP contribution is 2.15. The van der Waals surface area contributed by atoms with Crippen LogP contribution < -0.4 is 10.6 Å². The first-order valence-corrected chi connectivity index (χ1v) is 11.8. The van der Waals surface area contributed by atoms with Crippen molar-refractivity contribution in [2.45, 2.75) is 33.4 Å². The summed E-state index contributed by atoms with van der Waals surface area (Å²) in [5.41, 5.74) is 2.59. The van der Waals surface area contributed by atoms with Crippen molar-refractivity contribution in [2.75, 3.05) is 49.9 Å². The van der Waals surface area contributed by atoms with Gasteiger partial charge in [-0.3, -0.25) is 24.2 Å². The van der Waals surface area contributed by atoms with E-state index in [0.29, 0.717) is 31.0 Å². The second-order valence-corrected chi connectivity index (χ2v) is 8.63. The van der Waals surface area contributed by atoms with E-state index >= 15 is 0 Å². The Labute approximate surface area is 201 Å². The summed E-state index contributed by atoms with van der Waals surface area (Å²) in [5, 5.41) is 5.56.